The second kappa shape index (κ2) is 8.83. The molecule has 2 N–H and O–H groups in total. The van der Waals surface area contributed by atoms with Gasteiger partial charge in [-0.05, 0) is 18.2 Å². The molecule has 0 aliphatic heterocycles. The maximum absolute atomic E-state index is 12.4. The van der Waals surface area contributed by atoms with Gasteiger partial charge in [0.2, 0.25) is 0 Å². The molecule has 8 nitrogen and oxygen atoms in total. The molecule has 2 aromatic carbocycles. The summed E-state index contributed by atoms with van der Waals surface area (Å²) < 4.78 is 39.1. The van der Waals surface area contributed by atoms with Gasteiger partial charge < -0.3 is 14.0 Å². The van der Waals surface area contributed by atoms with Crippen LogP contribution in [0.25, 0.3) is 11.3 Å². The summed E-state index contributed by atoms with van der Waals surface area (Å²) in [4.78, 5) is 24.3. The fraction of sp³-hybridized carbons (Fsp3) is 0.105. The van der Waals surface area contributed by atoms with Crippen molar-refractivity contribution in [2.45, 2.75) is 6.61 Å². The summed E-state index contributed by atoms with van der Waals surface area (Å²) >= 11 is 0. The molecule has 1 aromatic heterocycles. The predicted octanol–water partition coefficient (Wildman–Crippen LogP) is 3.03. The molecule has 3 rings (SSSR count). The van der Waals surface area contributed by atoms with Gasteiger partial charge in [-0.1, -0.05) is 35.5 Å². The zero-order chi connectivity index (χ0) is 20.8. The number of rotatable bonds is 6. The molecule has 0 saturated heterocycles. The van der Waals surface area contributed by atoms with E-state index in [4.69, 9.17) is 9.26 Å². The van der Waals surface area contributed by atoms with Crippen LogP contribution in [0.15, 0.2) is 59.1 Å². The largest absolute Gasteiger partial charge is 0.493 e. The number of alkyl halides is 2. The van der Waals surface area contributed by atoms with Crippen molar-refractivity contribution in [1.29, 1.82) is 0 Å². The van der Waals surface area contributed by atoms with Gasteiger partial charge in [0.1, 0.15) is 0 Å². The van der Waals surface area contributed by atoms with Gasteiger partial charge in [0.15, 0.2) is 23.0 Å². The molecule has 29 heavy (non-hydrogen) atoms. The number of ether oxygens (including phenoxy) is 2. The summed E-state index contributed by atoms with van der Waals surface area (Å²) in [7, 11) is 1.24. The summed E-state index contributed by atoms with van der Waals surface area (Å²) in [6.45, 7) is -3.04. The van der Waals surface area contributed by atoms with Gasteiger partial charge in [-0.15, -0.1) is 0 Å². The zero-order valence-electron chi connectivity index (χ0n) is 15.0. The lowest BCUT2D eigenvalue weighted by Gasteiger charge is -2.11. The zero-order valence-corrected chi connectivity index (χ0v) is 15.0. The average molecular weight is 403 g/mol. The van der Waals surface area contributed by atoms with Crippen molar-refractivity contribution >= 4 is 11.8 Å². The van der Waals surface area contributed by atoms with Crippen LogP contribution in [0.2, 0.25) is 0 Å². The number of benzene rings is 2. The Kier molecular flexibility index (Phi) is 6.03. The number of hydrogen-bond donors (Lipinski definition) is 2. The quantitative estimate of drug-likeness (QED) is 0.614. The summed E-state index contributed by atoms with van der Waals surface area (Å²) in [6, 6.07) is 14.1. The topological polar surface area (TPSA) is 103 Å². The second-order valence-corrected chi connectivity index (χ2v) is 5.59. The van der Waals surface area contributed by atoms with E-state index in [1.165, 1.54) is 25.3 Å². The Morgan fingerprint density at radius 3 is 2.41 bits per heavy atom. The van der Waals surface area contributed by atoms with Gasteiger partial charge in [-0.3, -0.25) is 20.4 Å². The summed E-state index contributed by atoms with van der Waals surface area (Å²) in [6.07, 6.45) is 0. The van der Waals surface area contributed by atoms with Gasteiger partial charge >= 0.3 is 6.61 Å². The highest BCUT2D eigenvalue weighted by molar-refractivity contribution is 5.98. The van der Waals surface area contributed by atoms with Crippen molar-refractivity contribution < 1.29 is 32.4 Å². The van der Waals surface area contributed by atoms with E-state index < -0.39 is 18.4 Å². The molecule has 0 radical (unpaired) electrons. The van der Waals surface area contributed by atoms with E-state index in [1.807, 2.05) is 18.2 Å². The lowest BCUT2D eigenvalue weighted by Crippen LogP contribution is -2.41. The van der Waals surface area contributed by atoms with E-state index in [0.29, 0.717) is 5.76 Å². The summed E-state index contributed by atoms with van der Waals surface area (Å²) in [5, 5.41) is 3.66. The SMILES string of the molecule is COc1cc(C(=O)NNC(=O)c2cc(-c3ccccc3)on2)ccc1OC(F)F. The summed E-state index contributed by atoms with van der Waals surface area (Å²) in [5.74, 6) is -1.30. The van der Waals surface area contributed by atoms with E-state index in [1.54, 1.807) is 12.1 Å². The first kappa shape index (κ1) is 19.8. The Hall–Kier alpha value is -3.95. The second-order valence-electron chi connectivity index (χ2n) is 5.59. The molecule has 10 heteroatoms. The molecule has 0 aliphatic rings. The minimum Gasteiger partial charge on any atom is -0.493 e. The normalized spacial score (nSPS) is 10.5. The minimum atomic E-state index is -3.04. The van der Waals surface area contributed by atoms with Crippen molar-refractivity contribution in [2.75, 3.05) is 7.11 Å². The van der Waals surface area contributed by atoms with E-state index >= 15 is 0 Å². The Morgan fingerprint density at radius 1 is 1.00 bits per heavy atom. The molecule has 0 spiro atoms. The highest BCUT2D eigenvalue weighted by Gasteiger charge is 2.17. The van der Waals surface area contributed by atoms with Crippen molar-refractivity contribution in [2.24, 2.45) is 0 Å². The number of nitrogens with zero attached hydrogens (tertiary/aromatic N) is 1. The Labute approximate surface area is 163 Å². The van der Waals surface area contributed by atoms with Gasteiger partial charge in [-0.25, -0.2) is 0 Å². The standard InChI is InChI=1S/C19H15F2N3O5/c1-27-16-9-12(7-8-14(16)28-19(20)21)17(25)22-23-18(26)13-10-15(29-24-13)11-5-3-2-4-6-11/h2-10,19H,1H3,(H,22,25)(H,23,26). The van der Waals surface area contributed by atoms with Crippen molar-refractivity contribution in [3.8, 4) is 22.8 Å². The van der Waals surface area contributed by atoms with Crippen LogP contribution in [0.4, 0.5) is 8.78 Å². The first-order chi connectivity index (χ1) is 14.0. The molecular formula is C19H15F2N3O5. The van der Waals surface area contributed by atoms with Crippen LogP contribution in [0.5, 0.6) is 11.5 Å². The molecular weight excluding hydrogens is 388 g/mol. The molecule has 0 aliphatic carbocycles. The number of carbonyl (C=O) groups is 2. The number of nitrogens with one attached hydrogen (secondary N) is 2. The van der Waals surface area contributed by atoms with E-state index in [-0.39, 0.29) is 22.8 Å². The van der Waals surface area contributed by atoms with Gasteiger partial charge in [0.05, 0.1) is 7.11 Å². The van der Waals surface area contributed by atoms with Crippen LogP contribution in [-0.2, 0) is 0 Å². The molecule has 0 bridgehead atoms. The Balaban J connectivity index is 1.63. The van der Waals surface area contributed by atoms with E-state index in [0.717, 1.165) is 11.6 Å². The van der Waals surface area contributed by atoms with Crippen molar-refractivity contribution in [3.05, 3.63) is 65.9 Å². The maximum atomic E-state index is 12.4. The van der Waals surface area contributed by atoms with Crippen molar-refractivity contribution in [1.82, 2.24) is 16.0 Å². The number of hydrazine groups is 1. The van der Waals surface area contributed by atoms with E-state index in [9.17, 15) is 18.4 Å². The number of halogens is 2. The van der Waals surface area contributed by atoms with Gasteiger partial charge in [-0.2, -0.15) is 8.78 Å². The van der Waals surface area contributed by atoms with Crippen LogP contribution in [0.3, 0.4) is 0 Å². The van der Waals surface area contributed by atoms with Crippen LogP contribution in [-0.4, -0.2) is 30.7 Å². The number of hydrogen-bond acceptors (Lipinski definition) is 6. The third-order valence-corrected chi connectivity index (χ3v) is 3.73. The smallest absolute Gasteiger partial charge is 0.387 e. The molecule has 0 fully saturated rings. The number of amides is 2. The first-order valence-electron chi connectivity index (χ1n) is 8.23. The molecule has 1 heterocycles. The Bertz CT molecular complexity index is 1010. The van der Waals surface area contributed by atoms with Crippen LogP contribution in [0.1, 0.15) is 20.8 Å². The third-order valence-electron chi connectivity index (χ3n) is 3.73. The highest BCUT2D eigenvalue weighted by Crippen LogP contribution is 2.29. The molecule has 3 aromatic rings. The number of aromatic nitrogens is 1. The van der Waals surface area contributed by atoms with E-state index in [2.05, 4.69) is 20.7 Å². The van der Waals surface area contributed by atoms with Crippen LogP contribution < -0.4 is 20.3 Å². The molecule has 150 valence electrons. The predicted molar refractivity (Wildman–Crippen MR) is 96.5 cm³/mol. The fourth-order valence-electron chi connectivity index (χ4n) is 2.37. The van der Waals surface area contributed by atoms with Crippen molar-refractivity contribution in [3.63, 3.8) is 0 Å². The van der Waals surface area contributed by atoms with Crippen LogP contribution in [0, 0.1) is 0 Å². The minimum absolute atomic E-state index is 0.0394. The molecule has 0 saturated carbocycles. The lowest BCUT2D eigenvalue weighted by atomic mass is 10.1. The Morgan fingerprint density at radius 2 is 1.72 bits per heavy atom. The summed E-state index contributed by atoms with van der Waals surface area (Å²) in [5.41, 5.74) is 5.13. The molecule has 2 amide bonds. The fourth-order valence-corrected chi connectivity index (χ4v) is 2.37. The monoisotopic (exact) mass is 403 g/mol. The van der Waals surface area contributed by atoms with Crippen LogP contribution >= 0.6 is 0 Å². The van der Waals surface area contributed by atoms with Gasteiger partial charge in [0, 0.05) is 17.2 Å². The van der Waals surface area contributed by atoms with Gasteiger partial charge in [0.25, 0.3) is 11.8 Å². The maximum Gasteiger partial charge on any atom is 0.387 e. The number of methoxy groups -OCH3 is 1. The average Bonchev–Trinajstić information content (AvgIpc) is 3.22. The number of carbonyl (C=O) groups excluding carboxylic acids is 2. The highest BCUT2D eigenvalue weighted by atomic mass is 19.3. The first-order valence-corrected chi connectivity index (χ1v) is 8.23. The molecule has 0 unspecified atom stereocenters. The third kappa shape index (κ3) is 4.86. The lowest BCUT2D eigenvalue weighted by molar-refractivity contribution is -0.0512. The molecule has 0 atom stereocenters.